The number of nitrogens with zero attached hydrogens (tertiary/aromatic N) is 5. The molecule has 0 atom stereocenters. The van der Waals surface area contributed by atoms with Crippen molar-refractivity contribution >= 4 is 17.1 Å². The van der Waals surface area contributed by atoms with E-state index in [0.29, 0.717) is 16.7 Å². The van der Waals surface area contributed by atoms with E-state index in [0.717, 1.165) is 28.1 Å². The van der Waals surface area contributed by atoms with Crippen LogP contribution in [-0.4, -0.2) is 25.7 Å². The van der Waals surface area contributed by atoms with Crippen LogP contribution in [0.5, 0.6) is 0 Å². The molecule has 156 valence electrons. The Morgan fingerprint density at radius 3 is 2.50 bits per heavy atom. The van der Waals surface area contributed by atoms with Crippen molar-refractivity contribution in [3.05, 3.63) is 112 Å². The first kappa shape index (κ1) is 19.6. The highest BCUT2D eigenvalue weighted by molar-refractivity contribution is 5.89. The summed E-state index contributed by atoms with van der Waals surface area (Å²) < 4.78 is 3.16. The summed E-state index contributed by atoms with van der Waals surface area (Å²) in [5.41, 5.74) is 5.14. The molecule has 0 aliphatic carbocycles. The highest BCUT2D eigenvalue weighted by Crippen LogP contribution is 2.23. The Morgan fingerprint density at radius 2 is 1.69 bits per heavy atom. The van der Waals surface area contributed by atoms with Gasteiger partial charge in [0.15, 0.2) is 0 Å². The molecule has 0 aliphatic heterocycles. The van der Waals surface area contributed by atoms with Crippen molar-refractivity contribution in [3.63, 3.8) is 0 Å². The summed E-state index contributed by atoms with van der Waals surface area (Å²) >= 11 is 0. The number of fused-ring (bicyclic) bond motifs is 1. The average molecular weight is 419 g/mol. The Labute approximate surface area is 185 Å². The molecule has 0 saturated carbocycles. The molecule has 5 aromatic rings. The maximum atomic E-state index is 13.0. The molecule has 0 radical (unpaired) electrons. The van der Waals surface area contributed by atoms with Crippen LogP contribution in [0, 0.1) is 13.8 Å². The van der Waals surface area contributed by atoms with Crippen LogP contribution in [0.2, 0.25) is 0 Å². The van der Waals surface area contributed by atoms with E-state index in [1.54, 1.807) is 19.2 Å². The van der Waals surface area contributed by atoms with Gasteiger partial charge in [0.1, 0.15) is 11.5 Å². The van der Waals surface area contributed by atoms with Gasteiger partial charge in [0.25, 0.3) is 5.56 Å². The fraction of sp³-hybridized carbons (Fsp3) is 0.0769. The van der Waals surface area contributed by atoms with Crippen LogP contribution in [0.3, 0.4) is 0 Å². The molecule has 2 heterocycles. The van der Waals surface area contributed by atoms with Crippen LogP contribution in [0.15, 0.2) is 95.0 Å². The molecular formula is C26H21N5O. The molecule has 0 amide bonds. The third-order valence-corrected chi connectivity index (χ3v) is 5.28. The zero-order valence-electron chi connectivity index (χ0n) is 17.8. The first-order chi connectivity index (χ1) is 15.6. The molecule has 0 N–H and O–H groups in total. The van der Waals surface area contributed by atoms with Gasteiger partial charge in [0.05, 0.1) is 22.8 Å². The summed E-state index contributed by atoms with van der Waals surface area (Å²) in [7, 11) is 0. The van der Waals surface area contributed by atoms with E-state index in [1.807, 2.05) is 71.5 Å². The first-order valence-corrected chi connectivity index (χ1v) is 10.3. The van der Waals surface area contributed by atoms with Crippen molar-refractivity contribution in [1.29, 1.82) is 0 Å². The quantitative estimate of drug-likeness (QED) is 0.395. The van der Waals surface area contributed by atoms with E-state index < -0.39 is 0 Å². The lowest BCUT2D eigenvalue weighted by Crippen LogP contribution is -2.20. The van der Waals surface area contributed by atoms with Crippen LogP contribution in [0.25, 0.3) is 27.8 Å². The Morgan fingerprint density at radius 1 is 0.906 bits per heavy atom. The number of benzene rings is 3. The molecule has 3 aromatic carbocycles. The molecular weight excluding hydrogens is 398 g/mol. The Bertz CT molecular complexity index is 1510. The SMILES string of the molecule is Cc1cccc(-c2nn(-c3ccccc3)cc2C=Nn2c(C)nc3ccccc3c2=O)c1. The summed E-state index contributed by atoms with van der Waals surface area (Å²) in [5.74, 6) is 0.525. The van der Waals surface area contributed by atoms with Crippen LogP contribution in [-0.2, 0) is 0 Å². The van der Waals surface area contributed by atoms with E-state index >= 15 is 0 Å². The molecule has 0 saturated heterocycles. The van der Waals surface area contributed by atoms with Gasteiger partial charge >= 0.3 is 0 Å². The molecule has 6 nitrogen and oxygen atoms in total. The van der Waals surface area contributed by atoms with Gasteiger partial charge in [-0.05, 0) is 44.2 Å². The second-order valence-electron chi connectivity index (χ2n) is 7.62. The van der Waals surface area contributed by atoms with Gasteiger partial charge in [-0.25, -0.2) is 9.67 Å². The summed E-state index contributed by atoms with van der Waals surface area (Å²) in [5, 5.41) is 9.86. The Hall–Kier alpha value is -4.32. The summed E-state index contributed by atoms with van der Waals surface area (Å²) in [6.07, 6.45) is 3.60. The van der Waals surface area contributed by atoms with E-state index in [2.05, 4.69) is 29.1 Å². The summed E-state index contributed by atoms with van der Waals surface area (Å²) in [6.45, 7) is 3.83. The van der Waals surface area contributed by atoms with E-state index in [4.69, 9.17) is 5.10 Å². The predicted molar refractivity (Wildman–Crippen MR) is 127 cm³/mol. The monoisotopic (exact) mass is 419 g/mol. The van der Waals surface area contributed by atoms with Crippen LogP contribution in [0.1, 0.15) is 17.0 Å². The summed E-state index contributed by atoms with van der Waals surface area (Å²) in [4.78, 5) is 17.5. The van der Waals surface area contributed by atoms with Crippen LogP contribution < -0.4 is 5.56 Å². The van der Waals surface area contributed by atoms with Crippen molar-refractivity contribution in [2.24, 2.45) is 5.10 Å². The van der Waals surface area contributed by atoms with Gasteiger partial charge < -0.3 is 0 Å². The van der Waals surface area contributed by atoms with Crippen molar-refractivity contribution in [2.75, 3.05) is 0 Å². The number of para-hydroxylation sites is 2. The average Bonchev–Trinajstić information content (AvgIpc) is 3.24. The molecule has 5 rings (SSSR count). The summed E-state index contributed by atoms with van der Waals surface area (Å²) in [6, 6.07) is 25.4. The number of aromatic nitrogens is 4. The molecule has 0 spiro atoms. The smallest absolute Gasteiger partial charge is 0.267 e. The molecule has 2 aromatic heterocycles. The topological polar surface area (TPSA) is 65.1 Å². The fourth-order valence-electron chi connectivity index (χ4n) is 3.70. The first-order valence-electron chi connectivity index (χ1n) is 10.3. The predicted octanol–water partition coefficient (Wildman–Crippen LogP) is 4.75. The molecule has 0 fully saturated rings. The second-order valence-corrected chi connectivity index (χ2v) is 7.62. The van der Waals surface area contributed by atoms with Crippen molar-refractivity contribution < 1.29 is 0 Å². The molecule has 0 aliphatic rings. The molecule has 32 heavy (non-hydrogen) atoms. The van der Waals surface area contributed by atoms with Gasteiger partial charge in [-0.1, -0.05) is 54.1 Å². The zero-order valence-corrected chi connectivity index (χ0v) is 17.8. The Balaban J connectivity index is 1.65. The van der Waals surface area contributed by atoms with Crippen LogP contribution in [0.4, 0.5) is 0 Å². The lowest BCUT2D eigenvalue weighted by atomic mass is 10.1. The highest BCUT2D eigenvalue weighted by Gasteiger charge is 2.12. The second kappa shape index (κ2) is 8.07. The fourth-order valence-corrected chi connectivity index (χ4v) is 3.70. The number of aryl methyl sites for hydroxylation is 2. The lowest BCUT2D eigenvalue weighted by molar-refractivity contribution is 0.771. The van der Waals surface area contributed by atoms with E-state index in [-0.39, 0.29) is 5.56 Å². The van der Waals surface area contributed by atoms with Gasteiger partial charge in [-0.3, -0.25) is 4.79 Å². The van der Waals surface area contributed by atoms with Crippen molar-refractivity contribution in [3.8, 4) is 16.9 Å². The minimum atomic E-state index is -0.197. The minimum absolute atomic E-state index is 0.197. The van der Waals surface area contributed by atoms with Crippen LogP contribution >= 0.6 is 0 Å². The van der Waals surface area contributed by atoms with Gasteiger partial charge in [-0.15, -0.1) is 0 Å². The number of rotatable bonds is 4. The Kier molecular flexibility index (Phi) is 4.95. The standard InChI is InChI=1S/C26H21N5O/c1-18-9-8-10-20(15-18)25-21(17-30(29-25)22-11-4-3-5-12-22)16-27-31-19(2)28-24-14-7-6-13-23(24)26(31)32/h3-17H,1-2H3. The molecule has 0 unspecified atom stereocenters. The van der Waals surface area contributed by atoms with Crippen molar-refractivity contribution in [2.45, 2.75) is 13.8 Å². The van der Waals surface area contributed by atoms with E-state index in [1.165, 1.54) is 4.68 Å². The number of hydrogen-bond acceptors (Lipinski definition) is 4. The largest absolute Gasteiger partial charge is 0.282 e. The highest BCUT2D eigenvalue weighted by atomic mass is 16.1. The van der Waals surface area contributed by atoms with Gasteiger partial charge in [0.2, 0.25) is 0 Å². The van der Waals surface area contributed by atoms with E-state index in [9.17, 15) is 4.79 Å². The maximum absolute atomic E-state index is 13.0. The maximum Gasteiger partial charge on any atom is 0.282 e. The van der Waals surface area contributed by atoms with Gasteiger partial charge in [-0.2, -0.15) is 14.9 Å². The lowest BCUT2D eigenvalue weighted by Gasteiger charge is -2.05. The van der Waals surface area contributed by atoms with Gasteiger partial charge in [0, 0.05) is 17.3 Å². The zero-order chi connectivity index (χ0) is 22.1. The molecule has 6 heteroatoms. The normalized spacial score (nSPS) is 11.4. The third-order valence-electron chi connectivity index (χ3n) is 5.28. The molecule has 0 bridgehead atoms. The minimum Gasteiger partial charge on any atom is -0.267 e. The number of hydrogen-bond donors (Lipinski definition) is 0. The third kappa shape index (κ3) is 3.63. The van der Waals surface area contributed by atoms with Crippen molar-refractivity contribution in [1.82, 2.24) is 19.4 Å².